The van der Waals surface area contributed by atoms with Gasteiger partial charge in [-0.2, -0.15) is 4.98 Å². The lowest BCUT2D eigenvalue weighted by molar-refractivity contribution is 0.348. The van der Waals surface area contributed by atoms with Crippen molar-refractivity contribution < 1.29 is 9.63 Å². The predicted octanol–water partition coefficient (Wildman–Crippen LogP) is 2.86. The van der Waals surface area contributed by atoms with Crippen molar-refractivity contribution in [1.29, 1.82) is 0 Å². The molecule has 0 unspecified atom stereocenters. The molecular weight excluding hydrogens is 242 g/mol. The molecule has 2 rings (SSSR count). The summed E-state index contributed by atoms with van der Waals surface area (Å²) in [6.07, 6.45) is 1.78. The number of hydrogen-bond acceptors (Lipinski definition) is 5. The lowest BCUT2D eigenvalue weighted by atomic mass is 10.1. The van der Waals surface area contributed by atoms with Crippen molar-refractivity contribution >= 4 is 0 Å². The first kappa shape index (κ1) is 13.5. The number of aromatic nitrogens is 2. The minimum absolute atomic E-state index is 0.217. The lowest BCUT2D eigenvalue weighted by Crippen LogP contribution is -2.09. The van der Waals surface area contributed by atoms with E-state index in [4.69, 9.17) is 10.3 Å². The summed E-state index contributed by atoms with van der Waals surface area (Å²) in [5.74, 6) is 1.27. The van der Waals surface area contributed by atoms with E-state index < -0.39 is 0 Å². The largest absolute Gasteiger partial charge is 0.507 e. The Hall–Kier alpha value is -1.88. The molecule has 1 atom stereocenters. The van der Waals surface area contributed by atoms with Crippen LogP contribution in [0, 0.1) is 13.8 Å². The van der Waals surface area contributed by atoms with Crippen molar-refractivity contribution in [2.75, 3.05) is 0 Å². The normalized spacial score (nSPS) is 12.6. The highest BCUT2D eigenvalue weighted by atomic mass is 16.5. The Bertz CT molecular complexity index is 555. The van der Waals surface area contributed by atoms with Gasteiger partial charge in [0.25, 0.3) is 0 Å². The van der Waals surface area contributed by atoms with E-state index in [2.05, 4.69) is 17.1 Å². The smallest absolute Gasteiger partial charge is 0.243 e. The number of aromatic hydroxyl groups is 1. The first-order chi connectivity index (χ1) is 9.02. The fourth-order valence-electron chi connectivity index (χ4n) is 2.02. The summed E-state index contributed by atoms with van der Waals surface area (Å²) in [5.41, 5.74) is 8.35. The minimum Gasteiger partial charge on any atom is -0.507 e. The van der Waals surface area contributed by atoms with Gasteiger partial charge < -0.3 is 15.4 Å². The van der Waals surface area contributed by atoms with Crippen molar-refractivity contribution in [2.24, 2.45) is 5.73 Å². The van der Waals surface area contributed by atoms with Gasteiger partial charge in [-0.05, 0) is 43.5 Å². The number of nitrogens with zero attached hydrogens (tertiary/aromatic N) is 2. The Morgan fingerprint density at radius 1 is 1.32 bits per heavy atom. The van der Waals surface area contributed by atoms with E-state index in [1.54, 1.807) is 0 Å². The van der Waals surface area contributed by atoms with Crippen LogP contribution in [0.2, 0.25) is 0 Å². The SMILES string of the molecule is CCC[C@H](N)c1nc(-c2cc(C)c(O)c(C)c2)no1. The Morgan fingerprint density at radius 3 is 2.53 bits per heavy atom. The second-order valence-corrected chi connectivity index (χ2v) is 4.81. The third-order valence-corrected chi connectivity index (χ3v) is 3.11. The lowest BCUT2D eigenvalue weighted by Gasteiger charge is -2.05. The van der Waals surface area contributed by atoms with Gasteiger partial charge in [0, 0.05) is 5.56 Å². The number of aryl methyl sites for hydroxylation is 2. The molecule has 102 valence electrons. The highest BCUT2D eigenvalue weighted by Crippen LogP contribution is 2.28. The molecule has 0 aliphatic heterocycles. The molecule has 1 aromatic carbocycles. The van der Waals surface area contributed by atoms with E-state index in [1.165, 1.54) is 0 Å². The molecule has 5 heteroatoms. The van der Waals surface area contributed by atoms with E-state index >= 15 is 0 Å². The third kappa shape index (κ3) is 2.76. The Labute approximate surface area is 112 Å². The van der Waals surface area contributed by atoms with Crippen LogP contribution >= 0.6 is 0 Å². The van der Waals surface area contributed by atoms with E-state index in [0.29, 0.717) is 17.5 Å². The molecule has 0 radical (unpaired) electrons. The zero-order valence-electron chi connectivity index (χ0n) is 11.5. The van der Waals surface area contributed by atoms with Crippen LogP contribution in [0.5, 0.6) is 5.75 Å². The number of rotatable bonds is 4. The molecule has 2 aromatic rings. The first-order valence-electron chi connectivity index (χ1n) is 6.42. The van der Waals surface area contributed by atoms with Crippen LogP contribution in [0.3, 0.4) is 0 Å². The van der Waals surface area contributed by atoms with Crippen molar-refractivity contribution in [2.45, 2.75) is 39.7 Å². The highest BCUT2D eigenvalue weighted by Gasteiger charge is 2.16. The van der Waals surface area contributed by atoms with Crippen LogP contribution in [0.25, 0.3) is 11.4 Å². The molecule has 19 heavy (non-hydrogen) atoms. The number of phenolic OH excluding ortho intramolecular Hbond substituents is 1. The van der Waals surface area contributed by atoms with E-state index in [9.17, 15) is 5.11 Å². The van der Waals surface area contributed by atoms with Crippen molar-refractivity contribution in [3.63, 3.8) is 0 Å². The molecule has 0 saturated heterocycles. The number of hydrogen-bond donors (Lipinski definition) is 2. The molecule has 0 bridgehead atoms. The fourth-order valence-corrected chi connectivity index (χ4v) is 2.02. The molecule has 3 N–H and O–H groups in total. The molecular formula is C14H19N3O2. The van der Waals surface area contributed by atoms with Crippen LogP contribution in [-0.2, 0) is 0 Å². The fraction of sp³-hybridized carbons (Fsp3) is 0.429. The van der Waals surface area contributed by atoms with Gasteiger partial charge in [0.05, 0.1) is 6.04 Å². The third-order valence-electron chi connectivity index (χ3n) is 3.11. The van der Waals surface area contributed by atoms with Gasteiger partial charge in [-0.1, -0.05) is 18.5 Å². The van der Waals surface area contributed by atoms with Gasteiger partial charge in [0.15, 0.2) is 0 Å². The number of phenols is 1. The Morgan fingerprint density at radius 2 is 1.95 bits per heavy atom. The van der Waals surface area contributed by atoms with Crippen LogP contribution in [0.4, 0.5) is 0 Å². The van der Waals surface area contributed by atoms with Crippen molar-refractivity contribution in [3.05, 3.63) is 29.2 Å². The molecule has 0 aliphatic rings. The molecule has 1 heterocycles. The van der Waals surface area contributed by atoms with E-state index in [-0.39, 0.29) is 6.04 Å². The number of nitrogens with two attached hydrogens (primary N) is 1. The van der Waals surface area contributed by atoms with Crippen LogP contribution < -0.4 is 5.73 Å². The van der Waals surface area contributed by atoms with Gasteiger partial charge in [0.2, 0.25) is 11.7 Å². The van der Waals surface area contributed by atoms with Crippen LogP contribution in [-0.4, -0.2) is 15.2 Å². The van der Waals surface area contributed by atoms with Crippen LogP contribution in [0.1, 0.15) is 42.8 Å². The van der Waals surface area contributed by atoms with Crippen molar-refractivity contribution in [1.82, 2.24) is 10.1 Å². The molecule has 0 amide bonds. The Kier molecular flexibility index (Phi) is 3.85. The minimum atomic E-state index is -0.217. The maximum Gasteiger partial charge on any atom is 0.243 e. The average Bonchev–Trinajstić information content (AvgIpc) is 2.85. The van der Waals surface area contributed by atoms with Crippen LogP contribution in [0.15, 0.2) is 16.7 Å². The van der Waals surface area contributed by atoms with E-state index in [1.807, 2.05) is 26.0 Å². The quantitative estimate of drug-likeness (QED) is 0.883. The van der Waals surface area contributed by atoms with Gasteiger partial charge >= 0.3 is 0 Å². The summed E-state index contributed by atoms with van der Waals surface area (Å²) < 4.78 is 5.19. The molecule has 1 aromatic heterocycles. The zero-order chi connectivity index (χ0) is 14.0. The maximum atomic E-state index is 9.76. The summed E-state index contributed by atoms with van der Waals surface area (Å²) in [4.78, 5) is 4.33. The standard InChI is InChI=1S/C14H19N3O2/c1-4-5-11(15)14-16-13(17-19-14)10-6-8(2)12(18)9(3)7-10/h6-7,11,18H,4-5,15H2,1-3H3/t11-/m0/s1. The summed E-state index contributed by atoms with van der Waals surface area (Å²) in [6, 6.07) is 3.45. The Balaban J connectivity index is 2.33. The van der Waals surface area contributed by atoms with Crippen molar-refractivity contribution in [3.8, 4) is 17.1 Å². The summed E-state index contributed by atoms with van der Waals surface area (Å²) in [5, 5.41) is 13.7. The van der Waals surface area contributed by atoms with Gasteiger partial charge in [-0.15, -0.1) is 0 Å². The van der Waals surface area contributed by atoms with Gasteiger partial charge in [-0.25, -0.2) is 0 Å². The summed E-state index contributed by atoms with van der Waals surface area (Å²) in [7, 11) is 0. The highest BCUT2D eigenvalue weighted by molar-refractivity contribution is 5.60. The molecule has 0 spiro atoms. The summed E-state index contributed by atoms with van der Waals surface area (Å²) >= 11 is 0. The predicted molar refractivity (Wildman–Crippen MR) is 72.7 cm³/mol. The van der Waals surface area contributed by atoms with Gasteiger partial charge in [0.1, 0.15) is 5.75 Å². The average molecular weight is 261 g/mol. The second-order valence-electron chi connectivity index (χ2n) is 4.81. The zero-order valence-corrected chi connectivity index (χ0v) is 11.5. The summed E-state index contributed by atoms with van der Waals surface area (Å²) in [6.45, 7) is 5.75. The topological polar surface area (TPSA) is 85.2 Å². The molecule has 0 fully saturated rings. The van der Waals surface area contributed by atoms with E-state index in [0.717, 1.165) is 29.5 Å². The monoisotopic (exact) mass is 261 g/mol. The maximum absolute atomic E-state index is 9.76. The first-order valence-corrected chi connectivity index (χ1v) is 6.42. The molecule has 0 aliphatic carbocycles. The molecule has 0 saturated carbocycles. The molecule has 5 nitrogen and oxygen atoms in total. The second kappa shape index (κ2) is 5.40. The van der Waals surface area contributed by atoms with Gasteiger partial charge in [-0.3, -0.25) is 0 Å². The number of benzene rings is 1.